The number of anilines is 1. The molecular weight excluding hydrogens is 270 g/mol. The van der Waals surface area contributed by atoms with Crippen molar-refractivity contribution in [3.63, 3.8) is 0 Å². The molecule has 2 fully saturated rings. The fraction of sp³-hybridized carbons (Fsp3) is 0.857. The van der Waals surface area contributed by atoms with E-state index in [-0.39, 0.29) is 0 Å². The Labute approximate surface area is 125 Å². The fourth-order valence-corrected chi connectivity index (χ4v) is 4.14. The van der Waals surface area contributed by atoms with Gasteiger partial charge in [0.1, 0.15) is 5.01 Å². The summed E-state index contributed by atoms with van der Waals surface area (Å²) in [6.07, 6.45) is 5.70. The lowest BCUT2D eigenvalue weighted by atomic mass is 10.2. The number of nitrogens with zero attached hydrogens (tertiary/aromatic N) is 4. The van der Waals surface area contributed by atoms with Gasteiger partial charge in [-0.25, -0.2) is 0 Å². The van der Waals surface area contributed by atoms with Crippen molar-refractivity contribution in [1.82, 2.24) is 20.0 Å². The molecule has 0 spiro atoms. The third-order valence-corrected chi connectivity index (χ3v) is 5.27. The Balaban J connectivity index is 1.45. The molecule has 0 unspecified atom stereocenters. The topological polar surface area (TPSA) is 44.3 Å². The lowest BCUT2D eigenvalue weighted by Crippen LogP contribution is -2.49. The lowest BCUT2D eigenvalue weighted by molar-refractivity contribution is 0.0935. The van der Waals surface area contributed by atoms with Crippen molar-refractivity contribution in [3.05, 3.63) is 5.01 Å². The Morgan fingerprint density at radius 3 is 2.60 bits per heavy atom. The summed E-state index contributed by atoms with van der Waals surface area (Å²) in [5.41, 5.74) is 0. The van der Waals surface area contributed by atoms with Gasteiger partial charge < -0.3 is 5.32 Å². The third-order valence-electron chi connectivity index (χ3n) is 4.40. The molecule has 20 heavy (non-hydrogen) atoms. The summed E-state index contributed by atoms with van der Waals surface area (Å²) in [5.74, 6) is 0. The maximum Gasteiger partial charge on any atom is 0.205 e. The quantitative estimate of drug-likeness (QED) is 0.900. The first-order valence-corrected chi connectivity index (χ1v) is 8.69. The second kappa shape index (κ2) is 6.83. The van der Waals surface area contributed by atoms with E-state index in [2.05, 4.69) is 32.2 Å². The highest BCUT2D eigenvalue weighted by Crippen LogP contribution is 2.25. The third kappa shape index (κ3) is 3.48. The normalized spacial score (nSPS) is 22.4. The van der Waals surface area contributed by atoms with E-state index in [1.807, 2.05) is 0 Å². The molecule has 3 rings (SSSR count). The highest BCUT2D eigenvalue weighted by Gasteiger charge is 2.26. The minimum Gasteiger partial charge on any atom is -0.360 e. The van der Waals surface area contributed by atoms with Crippen LogP contribution in [-0.2, 0) is 6.54 Å². The molecule has 0 amide bonds. The second-order valence-electron chi connectivity index (χ2n) is 5.78. The number of aromatic nitrogens is 2. The molecule has 1 aliphatic heterocycles. The van der Waals surface area contributed by atoms with Crippen LogP contribution in [0.2, 0.25) is 0 Å². The zero-order valence-corrected chi connectivity index (χ0v) is 13.2. The Bertz CT molecular complexity index is 407. The Morgan fingerprint density at radius 2 is 1.90 bits per heavy atom. The van der Waals surface area contributed by atoms with Gasteiger partial charge in [0, 0.05) is 38.8 Å². The van der Waals surface area contributed by atoms with Gasteiger partial charge in [0.05, 0.1) is 6.54 Å². The van der Waals surface area contributed by atoms with E-state index < -0.39 is 0 Å². The fourth-order valence-electron chi connectivity index (χ4n) is 3.29. The van der Waals surface area contributed by atoms with Crippen molar-refractivity contribution in [3.8, 4) is 0 Å². The zero-order valence-electron chi connectivity index (χ0n) is 12.3. The maximum atomic E-state index is 4.28. The highest BCUT2D eigenvalue weighted by atomic mass is 32.1. The first-order chi connectivity index (χ1) is 9.85. The summed E-state index contributed by atoms with van der Waals surface area (Å²) in [7, 11) is 0. The molecule has 1 saturated heterocycles. The van der Waals surface area contributed by atoms with Crippen LogP contribution in [0.25, 0.3) is 0 Å². The molecule has 6 heteroatoms. The molecule has 0 radical (unpaired) electrons. The zero-order chi connectivity index (χ0) is 13.8. The van der Waals surface area contributed by atoms with E-state index in [1.165, 1.54) is 51.9 Å². The van der Waals surface area contributed by atoms with E-state index in [0.717, 1.165) is 29.3 Å². The van der Waals surface area contributed by atoms with Crippen LogP contribution in [0.3, 0.4) is 0 Å². The summed E-state index contributed by atoms with van der Waals surface area (Å²) in [6.45, 7) is 8.76. The molecule has 1 saturated carbocycles. The van der Waals surface area contributed by atoms with Crippen LogP contribution in [0, 0.1) is 0 Å². The average molecular weight is 295 g/mol. The minimum absolute atomic E-state index is 0.874. The van der Waals surface area contributed by atoms with E-state index in [4.69, 9.17) is 0 Å². The largest absolute Gasteiger partial charge is 0.360 e. The van der Waals surface area contributed by atoms with Gasteiger partial charge in [0.15, 0.2) is 0 Å². The van der Waals surface area contributed by atoms with Gasteiger partial charge in [-0.15, -0.1) is 10.2 Å². The van der Waals surface area contributed by atoms with Gasteiger partial charge in [-0.3, -0.25) is 9.80 Å². The molecule has 2 aliphatic rings. The van der Waals surface area contributed by atoms with Gasteiger partial charge in [-0.2, -0.15) is 0 Å². The standard InChI is InChI=1S/C14H25N5S/c1-2-15-14-17-16-13(20-14)11-18-7-9-19(10-8-18)12-5-3-4-6-12/h12H,2-11H2,1H3,(H,15,17). The molecule has 0 atom stereocenters. The van der Waals surface area contributed by atoms with Crippen LogP contribution in [0.1, 0.15) is 37.6 Å². The van der Waals surface area contributed by atoms with Crippen LogP contribution in [0.5, 0.6) is 0 Å². The van der Waals surface area contributed by atoms with E-state index in [1.54, 1.807) is 11.3 Å². The summed E-state index contributed by atoms with van der Waals surface area (Å²) < 4.78 is 0. The molecule has 5 nitrogen and oxygen atoms in total. The first-order valence-electron chi connectivity index (χ1n) is 7.88. The van der Waals surface area contributed by atoms with Gasteiger partial charge in [-0.05, 0) is 19.8 Å². The monoisotopic (exact) mass is 295 g/mol. The van der Waals surface area contributed by atoms with Crippen LogP contribution < -0.4 is 5.32 Å². The first kappa shape index (κ1) is 14.2. The molecule has 0 bridgehead atoms. The summed E-state index contributed by atoms with van der Waals surface area (Å²) >= 11 is 1.69. The van der Waals surface area contributed by atoms with Crippen LogP contribution >= 0.6 is 11.3 Å². The molecule has 112 valence electrons. The summed E-state index contributed by atoms with van der Waals surface area (Å²) in [5, 5.41) is 13.8. The van der Waals surface area contributed by atoms with Gasteiger partial charge in [0.25, 0.3) is 0 Å². The molecule has 1 aliphatic carbocycles. The average Bonchev–Trinajstić information content (AvgIpc) is 3.12. The predicted molar refractivity (Wildman–Crippen MR) is 83.2 cm³/mol. The number of nitrogens with one attached hydrogen (secondary N) is 1. The number of piperazine rings is 1. The van der Waals surface area contributed by atoms with Crippen LogP contribution in [0.4, 0.5) is 5.13 Å². The molecule has 2 heterocycles. The number of rotatable bonds is 5. The van der Waals surface area contributed by atoms with Crippen LogP contribution in [0.15, 0.2) is 0 Å². The van der Waals surface area contributed by atoms with Crippen molar-refractivity contribution in [2.24, 2.45) is 0 Å². The van der Waals surface area contributed by atoms with Gasteiger partial charge >= 0.3 is 0 Å². The maximum absolute atomic E-state index is 4.28. The van der Waals surface area contributed by atoms with Gasteiger partial charge in [-0.1, -0.05) is 24.2 Å². The SMILES string of the molecule is CCNc1nnc(CN2CCN(C3CCCC3)CC2)s1. The van der Waals surface area contributed by atoms with E-state index in [9.17, 15) is 0 Å². The smallest absolute Gasteiger partial charge is 0.205 e. The van der Waals surface area contributed by atoms with Gasteiger partial charge in [0.2, 0.25) is 5.13 Å². The molecular formula is C14H25N5S. The van der Waals surface area contributed by atoms with E-state index in [0.29, 0.717) is 0 Å². The number of hydrogen-bond acceptors (Lipinski definition) is 6. The number of hydrogen-bond donors (Lipinski definition) is 1. The van der Waals surface area contributed by atoms with Crippen molar-refractivity contribution in [2.45, 2.75) is 45.2 Å². The Morgan fingerprint density at radius 1 is 1.15 bits per heavy atom. The Kier molecular flexibility index (Phi) is 4.86. The lowest BCUT2D eigenvalue weighted by Gasteiger charge is -2.37. The predicted octanol–water partition coefficient (Wildman–Crippen LogP) is 2.03. The van der Waals surface area contributed by atoms with E-state index >= 15 is 0 Å². The van der Waals surface area contributed by atoms with Crippen LogP contribution in [-0.4, -0.2) is 58.8 Å². The molecule has 1 N–H and O–H groups in total. The summed E-state index contributed by atoms with van der Waals surface area (Å²) in [6, 6.07) is 0.874. The Hall–Kier alpha value is -0.720. The van der Waals surface area contributed by atoms with Crippen molar-refractivity contribution < 1.29 is 0 Å². The molecule has 1 aromatic rings. The van der Waals surface area contributed by atoms with Crippen molar-refractivity contribution >= 4 is 16.5 Å². The highest BCUT2D eigenvalue weighted by molar-refractivity contribution is 7.15. The van der Waals surface area contributed by atoms with Crippen molar-refractivity contribution in [2.75, 3.05) is 38.0 Å². The second-order valence-corrected chi connectivity index (χ2v) is 6.84. The molecule has 1 aromatic heterocycles. The minimum atomic E-state index is 0.874. The molecule has 0 aromatic carbocycles. The van der Waals surface area contributed by atoms with Crippen molar-refractivity contribution in [1.29, 1.82) is 0 Å². The summed E-state index contributed by atoms with van der Waals surface area (Å²) in [4.78, 5) is 5.22.